The van der Waals surface area contributed by atoms with Gasteiger partial charge in [-0.3, -0.25) is 0 Å². The molecule has 2 aliphatic rings. The third kappa shape index (κ3) is 4.92. The Hall–Kier alpha value is -1.25. The van der Waals surface area contributed by atoms with Gasteiger partial charge in [0, 0.05) is 5.56 Å². The van der Waals surface area contributed by atoms with E-state index in [9.17, 15) is 13.2 Å². The number of rotatable bonds is 6. The van der Waals surface area contributed by atoms with Crippen molar-refractivity contribution in [3.8, 4) is 0 Å². The molecule has 1 saturated carbocycles. The Morgan fingerprint density at radius 3 is 2.04 bits per heavy atom. The van der Waals surface area contributed by atoms with Crippen molar-refractivity contribution in [1.29, 1.82) is 0 Å². The van der Waals surface area contributed by atoms with Gasteiger partial charge in [-0.15, -0.1) is 0 Å². The summed E-state index contributed by atoms with van der Waals surface area (Å²) >= 11 is 0. The molecule has 0 spiro atoms. The molecule has 0 amide bonds. The Morgan fingerprint density at radius 2 is 1.50 bits per heavy atom. The fraction of sp³-hybridized carbons (Fsp3) is 0.652. The van der Waals surface area contributed by atoms with Gasteiger partial charge in [0.1, 0.15) is 11.6 Å². The van der Waals surface area contributed by atoms with Crippen LogP contribution in [-0.4, -0.2) is 0 Å². The van der Waals surface area contributed by atoms with Gasteiger partial charge in [-0.2, -0.15) is 0 Å². The van der Waals surface area contributed by atoms with E-state index in [2.05, 4.69) is 6.92 Å². The van der Waals surface area contributed by atoms with Crippen molar-refractivity contribution in [2.45, 2.75) is 83.5 Å². The van der Waals surface area contributed by atoms with Crippen molar-refractivity contribution in [1.82, 2.24) is 0 Å². The van der Waals surface area contributed by atoms with Gasteiger partial charge in [0.2, 0.25) is 0 Å². The van der Waals surface area contributed by atoms with E-state index >= 15 is 0 Å². The first-order chi connectivity index (χ1) is 12.6. The van der Waals surface area contributed by atoms with Crippen molar-refractivity contribution in [2.24, 2.45) is 11.8 Å². The molecule has 1 fully saturated rings. The molecule has 0 heterocycles. The van der Waals surface area contributed by atoms with Crippen LogP contribution in [0.4, 0.5) is 13.2 Å². The maximum Gasteiger partial charge on any atom is 0.129 e. The molecule has 0 saturated heterocycles. The topological polar surface area (TPSA) is 0 Å². The Kier molecular flexibility index (Phi) is 6.83. The Labute approximate surface area is 155 Å². The van der Waals surface area contributed by atoms with Gasteiger partial charge >= 0.3 is 0 Å². The molecule has 3 rings (SSSR count). The minimum absolute atomic E-state index is 0.151. The predicted octanol–water partition coefficient (Wildman–Crippen LogP) is 7.62. The van der Waals surface area contributed by atoms with Crippen LogP contribution < -0.4 is 0 Å². The summed E-state index contributed by atoms with van der Waals surface area (Å²) in [6.45, 7) is 2.25. The largest absolute Gasteiger partial charge is 0.212 e. The molecule has 0 aliphatic heterocycles. The average Bonchev–Trinajstić information content (AvgIpc) is 2.62. The normalized spacial score (nSPS) is 26.6. The molecule has 2 aliphatic carbocycles. The molecule has 0 radical (unpaired) electrons. The fourth-order valence-corrected chi connectivity index (χ4v) is 4.82. The van der Waals surface area contributed by atoms with Crippen LogP contribution in [0.1, 0.15) is 88.2 Å². The molecule has 1 atom stereocenters. The molecule has 0 N–H and O–H groups in total. The molecule has 144 valence electrons. The highest BCUT2D eigenvalue weighted by Gasteiger charge is 2.24. The number of hydrogen-bond donors (Lipinski definition) is 0. The first-order valence-electron chi connectivity index (χ1n) is 10.4. The summed E-state index contributed by atoms with van der Waals surface area (Å²) in [6.07, 6.45) is 12.1. The molecule has 1 aromatic carbocycles. The van der Waals surface area contributed by atoms with Crippen molar-refractivity contribution < 1.29 is 13.2 Å². The monoisotopic (exact) mass is 364 g/mol. The molecule has 3 heteroatoms. The first-order valence-corrected chi connectivity index (χ1v) is 10.4. The van der Waals surface area contributed by atoms with E-state index in [0.717, 1.165) is 24.3 Å². The quantitative estimate of drug-likeness (QED) is 0.487. The van der Waals surface area contributed by atoms with E-state index in [1.807, 2.05) is 0 Å². The lowest BCUT2D eigenvalue weighted by atomic mass is 9.78. The second-order valence-corrected chi connectivity index (χ2v) is 8.31. The van der Waals surface area contributed by atoms with E-state index in [1.54, 1.807) is 0 Å². The van der Waals surface area contributed by atoms with E-state index in [1.165, 1.54) is 56.7 Å². The van der Waals surface area contributed by atoms with Gasteiger partial charge in [0.05, 0.1) is 5.83 Å². The Balaban J connectivity index is 1.57. The van der Waals surface area contributed by atoms with Crippen molar-refractivity contribution >= 4 is 0 Å². The van der Waals surface area contributed by atoms with Crippen LogP contribution in [0.3, 0.4) is 0 Å². The highest BCUT2D eigenvalue weighted by Crippen LogP contribution is 2.37. The zero-order valence-corrected chi connectivity index (χ0v) is 15.9. The Bertz CT molecular complexity index is 603. The van der Waals surface area contributed by atoms with E-state index in [0.29, 0.717) is 18.8 Å². The van der Waals surface area contributed by atoms with Gasteiger partial charge in [-0.1, -0.05) is 51.5 Å². The summed E-state index contributed by atoms with van der Waals surface area (Å²) in [6, 6.07) is 3.02. The maximum atomic E-state index is 14.5. The second-order valence-electron chi connectivity index (χ2n) is 8.31. The summed E-state index contributed by atoms with van der Waals surface area (Å²) in [5.74, 6) is 0.282. The van der Waals surface area contributed by atoms with Crippen LogP contribution in [0.15, 0.2) is 24.0 Å². The number of allylic oxidation sites excluding steroid dienone is 2. The summed E-state index contributed by atoms with van der Waals surface area (Å²) in [7, 11) is 0. The van der Waals surface area contributed by atoms with Crippen LogP contribution in [0, 0.1) is 23.5 Å². The van der Waals surface area contributed by atoms with Crippen molar-refractivity contribution in [3.05, 3.63) is 46.8 Å². The second kappa shape index (κ2) is 9.10. The lowest BCUT2D eigenvalue weighted by Crippen LogP contribution is -2.15. The molecular formula is C23H31F3. The third-order valence-corrected chi connectivity index (χ3v) is 6.41. The average molecular weight is 364 g/mol. The van der Waals surface area contributed by atoms with Crippen molar-refractivity contribution in [2.75, 3.05) is 0 Å². The van der Waals surface area contributed by atoms with E-state index in [-0.39, 0.29) is 23.7 Å². The maximum absolute atomic E-state index is 14.5. The minimum Gasteiger partial charge on any atom is -0.212 e. The molecule has 0 nitrogen and oxygen atoms in total. The number of aryl methyl sites for hydroxylation is 1. The van der Waals surface area contributed by atoms with E-state index < -0.39 is 11.6 Å². The fourth-order valence-electron chi connectivity index (χ4n) is 4.82. The van der Waals surface area contributed by atoms with Gasteiger partial charge in [-0.05, 0) is 67.6 Å². The van der Waals surface area contributed by atoms with Gasteiger partial charge < -0.3 is 0 Å². The Morgan fingerprint density at radius 1 is 0.885 bits per heavy atom. The van der Waals surface area contributed by atoms with Crippen LogP contribution in [0.25, 0.3) is 0 Å². The lowest BCUT2D eigenvalue weighted by Gasteiger charge is -2.28. The predicted molar refractivity (Wildman–Crippen MR) is 101 cm³/mol. The van der Waals surface area contributed by atoms with E-state index in [4.69, 9.17) is 0 Å². The molecular weight excluding hydrogens is 333 g/mol. The van der Waals surface area contributed by atoms with Gasteiger partial charge in [0.15, 0.2) is 0 Å². The summed E-state index contributed by atoms with van der Waals surface area (Å²) in [5, 5.41) is 0. The van der Waals surface area contributed by atoms with Gasteiger partial charge in [0.25, 0.3) is 0 Å². The van der Waals surface area contributed by atoms with Crippen LogP contribution >= 0.6 is 0 Å². The lowest BCUT2D eigenvalue weighted by molar-refractivity contribution is 0.252. The summed E-state index contributed by atoms with van der Waals surface area (Å²) in [4.78, 5) is 0. The minimum atomic E-state index is -0.452. The molecule has 26 heavy (non-hydrogen) atoms. The molecule has 1 unspecified atom stereocenters. The smallest absolute Gasteiger partial charge is 0.129 e. The zero-order valence-electron chi connectivity index (χ0n) is 15.9. The molecule has 0 bridgehead atoms. The third-order valence-electron chi connectivity index (χ3n) is 6.41. The summed E-state index contributed by atoms with van der Waals surface area (Å²) < 4.78 is 42.2. The zero-order chi connectivity index (χ0) is 18.5. The standard InChI is InChI=1S/C23H31F3/c1-2-3-16-4-6-17(7-5-16)8-9-18-14-21(25)23(22(26)15-18)19-10-12-20(24)13-11-19/h12,14-17,19H,2-11,13H2,1H3. The van der Waals surface area contributed by atoms with Crippen LogP contribution in [-0.2, 0) is 6.42 Å². The molecule has 0 aromatic heterocycles. The highest BCUT2D eigenvalue weighted by atomic mass is 19.1. The number of halogens is 3. The SMILES string of the molecule is CCCC1CCC(CCc2cc(F)c(C3CC=C(F)CC3)c(F)c2)CC1. The number of benzene rings is 1. The molecule has 1 aromatic rings. The van der Waals surface area contributed by atoms with Crippen molar-refractivity contribution in [3.63, 3.8) is 0 Å². The highest BCUT2D eigenvalue weighted by molar-refractivity contribution is 5.30. The number of hydrogen-bond acceptors (Lipinski definition) is 0. The van der Waals surface area contributed by atoms with Gasteiger partial charge in [-0.25, -0.2) is 13.2 Å². The summed E-state index contributed by atoms with van der Waals surface area (Å²) in [5.41, 5.74) is 0.912. The first kappa shape index (κ1) is 19.5. The van der Waals surface area contributed by atoms with Crippen LogP contribution in [0.2, 0.25) is 0 Å². The van der Waals surface area contributed by atoms with Crippen LogP contribution in [0.5, 0.6) is 0 Å².